The van der Waals surface area contributed by atoms with E-state index in [9.17, 15) is 0 Å². The van der Waals surface area contributed by atoms with E-state index in [1.54, 1.807) is 0 Å². The SMILES string of the molecule is CC1(C)CCC(C)(C)c2cc(N3B4c5cc6c(cc5N(c5ccc(-c7ccccc7)cc5)c5cc7c(oc8ccccc87)c(c54)-c4cc(-c5ccccc5)ccc43)C(C)(C)CCC6(C)C)ccc21. The highest BCUT2D eigenvalue weighted by Crippen LogP contribution is 2.55. The lowest BCUT2D eigenvalue weighted by atomic mass is 9.42. The van der Waals surface area contributed by atoms with Crippen LogP contribution < -0.4 is 20.6 Å². The second-order valence-electron chi connectivity index (χ2n) is 23.0. The molecule has 0 saturated carbocycles. The minimum absolute atomic E-state index is 0.0112. The Bertz CT molecular complexity index is 3520. The topological polar surface area (TPSA) is 19.6 Å². The summed E-state index contributed by atoms with van der Waals surface area (Å²) in [5.41, 5.74) is 23.8. The molecule has 334 valence electrons. The normalized spacial score (nSPS) is 17.9. The van der Waals surface area contributed by atoms with Gasteiger partial charge in [0.2, 0.25) is 0 Å². The Labute approximate surface area is 402 Å². The monoisotopic (exact) mass is 882 g/mol. The van der Waals surface area contributed by atoms with Crippen LogP contribution in [0.3, 0.4) is 0 Å². The van der Waals surface area contributed by atoms with E-state index in [4.69, 9.17) is 4.42 Å². The van der Waals surface area contributed by atoms with Crippen molar-refractivity contribution in [2.24, 2.45) is 0 Å². The average molecular weight is 883 g/mol. The molecule has 8 aromatic carbocycles. The van der Waals surface area contributed by atoms with E-state index in [-0.39, 0.29) is 28.5 Å². The van der Waals surface area contributed by atoms with Crippen molar-refractivity contribution < 1.29 is 4.42 Å². The molecule has 3 nitrogen and oxygen atoms in total. The first-order chi connectivity index (χ1) is 32.7. The summed E-state index contributed by atoms with van der Waals surface area (Å²) in [6.45, 7) is 19.5. The van der Waals surface area contributed by atoms with E-state index in [0.29, 0.717) is 0 Å². The predicted molar refractivity (Wildman–Crippen MR) is 289 cm³/mol. The van der Waals surface area contributed by atoms with E-state index < -0.39 is 0 Å². The van der Waals surface area contributed by atoms with Crippen LogP contribution in [0.2, 0.25) is 0 Å². The maximum atomic E-state index is 7.20. The van der Waals surface area contributed by atoms with Gasteiger partial charge >= 0.3 is 6.85 Å². The lowest BCUT2D eigenvalue weighted by molar-refractivity contribution is 0.332. The summed E-state index contributed by atoms with van der Waals surface area (Å²) < 4.78 is 7.20. The summed E-state index contributed by atoms with van der Waals surface area (Å²) in [4.78, 5) is 5.34. The molecule has 2 aliphatic heterocycles. The van der Waals surface area contributed by atoms with Crippen molar-refractivity contribution in [3.05, 3.63) is 186 Å². The van der Waals surface area contributed by atoms with Crippen LogP contribution in [0.5, 0.6) is 0 Å². The highest BCUT2D eigenvalue weighted by Gasteiger charge is 2.49. The van der Waals surface area contributed by atoms with Gasteiger partial charge in [0.15, 0.2) is 0 Å². The van der Waals surface area contributed by atoms with Gasteiger partial charge in [-0.15, -0.1) is 0 Å². The van der Waals surface area contributed by atoms with Gasteiger partial charge in [0, 0.05) is 50.3 Å². The van der Waals surface area contributed by atoms with E-state index in [1.165, 1.54) is 95.7 Å². The molecule has 0 spiro atoms. The number of benzene rings is 8. The molecule has 0 unspecified atom stereocenters. The van der Waals surface area contributed by atoms with Gasteiger partial charge in [0.05, 0.1) is 0 Å². The van der Waals surface area contributed by atoms with Crippen LogP contribution in [0.4, 0.5) is 28.4 Å². The van der Waals surface area contributed by atoms with Gasteiger partial charge in [0.25, 0.3) is 0 Å². The highest BCUT2D eigenvalue weighted by atomic mass is 16.3. The van der Waals surface area contributed by atoms with Crippen LogP contribution in [-0.2, 0) is 21.7 Å². The van der Waals surface area contributed by atoms with Crippen LogP contribution in [0.25, 0.3) is 55.3 Å². The van der Waals surface area contributed by atoms with E-state index >= 15 is 0 Å². The third kappa shape index (κ3) is 6.05. The fourth-order valence-electron chi connectivity index (χ4n) is 12.8. The summed E-state index contributed by atoms with van der Waals surface area (Å²) >= 11 is 0. The van der Waals surface area contributed by atoms with Gasteiger partial charge in [-0.1, -0.05) is 165 Å². The molecule has 0 amide bonds. The smallest absolute Gasteiger partial charge is 0.333 e. The zero-order chi connectivity index (χ0) is 46.5. The van der Waals surface area contributed by atoms with Crippen LogP contribution in [-0.4, -0.2) is 6.85 Å². The lowest BCUT2D eigenvalue weighted by Crippen LogP contribution is -2.62. The first-order valence-corrected chi connectivity index (χ1v) is 25.0. The first-order valence-electron chi connectivity index (χ1n) is 25.0. The maximum absolute atomic E-state index is 7.20. The second kappa shape index (κ2) is 14.4. The molecular weight excluding hydrogens is 824 g/mol. The molecule has 4 aliphatic rings. The first kappa shape index (κ1) is 41.4. The van der Waals surface area contributed by atoms with Crippen molar-refractivity contribution in [1.82, 2.24) is 0 Å². The summed E-state index contributed by atoms with van der Waals surface area (Å²) in [7, 11) is 0. The van der Waals surface area contributed by atoms with Gasteiger partial charge in [-0.25, -0.2) is 0 Å². The Hall–Kier alpha value is -6.78. The predicted octanol–water partition coefficient (Wildman–Crippen LogP) is 16.3. The fourth-order valence-corrected chi connectivity index (χ4v) is 12.8. The minimum atomic E-state index is -0.147. The highest BCUT2D eigenvalue weighted by molar-refractivity contribution is 6.94. The summed E-state index contributed by atoms with van der Waals surface area (Å²) in [5, 5.41) is 2.28. The molecule has 2 aliphatic carbocycles. The van der Waals surface area contributed by atoms with Crippen LogP contribution in [0.15, 0.2) is 168 Å². The number of para-hydroxylation sites is 1. The van der Waals surface area contributed by atoms with Crippen molar-refractivity contribution in [2.45, 2.75) is 103 Å². The number of hydrogen-bond acceptors (Lipinski definition) is 3. The molecule has 0 bridgehead atoms. The number of fused-ring (bicyclic) bond motifs is 10. The molecule has 3 heterocycles. The van der Waals surface area contributed by atoms with E-state index in [0.717, 1.165) is 46.9 Å². The number of nitrogens with zero attached hydrogens (tertiary/aromatic N) is 2. The third-order valence-corrected chi connectivity index (χ3v) is 17.0. The Morgan fingerprint density at radius 3 is 1.65 bits per heavy atom. The van der Waals surface area contributed by atoms with Gasteiger partial charge in [-0.3, -0.25) is 0 Å². The number of furan rings is 1. The Morgan fingerprint density at radius 1 is 0.426 bits per heavy atom. The Balaban J connectivity index is 1.18. The molecule has 13 rings (SSSR count). The van der Waals surface area contributed by atoms with E-state index in [1.807, 2.05) is 0 Å². The minimum Gasteiger partial charge on any atom is -0.455 e. The third-order valence-electron chi connectivity index (χ3n) is 17.0. The van der Waals surface area contributed by atoms with Gasteiger partial charge in [0.1, 0.15) is 11.2 Å². The van der Waals surface area contributed by atoms with Crippen molar-refractivity contribution in [3.63, 3.8) is 0 Å². The molecule has 0 fully saturated rings. The van der Waals surface area contributed by atoms with Gasteiger partial charge in [-0.05, 0) is 157 Å². The molecule has 0 N–H and O–H groups in total. The van der Waals surface area contributed by atoms with Gasteiger partial charge < -0.3 is 14.1 Å². The molecule has 0 atom stereocenters. The van der Waals surface area contributed by atoms with Crippen molar-refractivity contribution in [1.29, 1.82) is 0 Å². The number of hydrogen-bond donors (Lipinski definition) is 0. The molecule has 4 heteroatoms. The van der Waals surface area contributed by atoms with Crippen LogP contribution in [0.1, 0.15) is 103 Å². The molecule has 68 heavy (non-hydrogen) atoms. The average Bonchev–Trinajstić information content (AvgIpc) is 3.73. The molecular formula is C64H59BN2O. The van der Waals surface area contributed by atoms with Crippen LogP contribution >= 0.6 is 0 Å². The molecule has 0 saturated heterocycles. The standard InChI is InChI=1S/C64H59BN2O/c1-61(2)31-32-62(3,4)50-36-45(28-29-49(50)61)67-54-30-25-43(41-19-13-10-14-20-41)35-48(54)58-59-56(37-47-46-21-15-16-22-57(46)68-60(47)58)66(44-26-23-42(24-27-44)40-17-11-9-12-18-40)55-39-52-51(38-53(55)65(59)67)63(5,6)33-34-64(52,7)8/h9-30,35-39H,31-34H2,1-8H3. The summed E-state index contributed by atoms with van der Waals surface area (Å²) in [5.74, 6) is 0. The fraction of sp³-hybridized carbons (Fsp3) is 0.250. The molecule has 1 aromatic heterocycles. The zero-order valence-corrected chi connectivity index (χ0v) is 40.8. The summed E-state index contributed by atoms with van der Waals surface area (Å²) in [6.07, 6.45) is 4.63. The Kier molecular flexibility index (Phi) is 8.75. The largest absolute Gasteiger partial charge is 0.455 e. The molecule has 0 radical (unpaired) electrons. The number of anilines is 5. The van der Waals surface area contributed by atoms with Crippen molar-refractivity contribution in [2.75, 3.05) is 9.71 Å². The van der Waals surface area contributed by atoms with Crippen molar-refractivity contribution in [3.8, 4) is 33.4 Å². The van der Waals surface area contributed by atoms with E-state index in [2.05, 4.69) is 229 Å². The zero-order valence-electron chi connectivity index (χ0n) is 40.8. The van der Waals surface area contributed by atoms with Crippen LogP contribution in [0, 0.1) is 0 Å². The van der Waals surface area contributed by atoms with Crippen molar-refractivity contribution >= 4 is 68.1 Å². The maximum Gasteiger partial charge on any atom is 0.333 e. The quantitative estimate of drug-likeness (QED) is 0.164. The van der Waals surface area contributed by atoms with Gasteiger partial charge in [-0.2, -0.15) is 0 Å². The Morgan fingerprint density at radius 2 is 0.971 bits per heavy atom. The summed E-state index contributed by atoms with van der Waals surface area (Å²) in [6, 6.07) is 62.0. The lowest BCUT2D eigenvalue weighted by Gasteiger charge is -2.49. The second-order valence-corrected chi connectivity index (χ2v) is 23.0. The number of rotatable bonds is 4. The molecule has 9 aromatic rings.